The van der Waals surface area contributed by atoms with Crippen molar-refractivity contribution in [2.75, 3.05) is 0 Å². The number of hydrogen-bond donors (Lipinski definition) is 1. The summed E-state index contributed by atoms with van der Waals surface area (Å²) >= 11 is 0. The van der Waals surface area contributed by atoms with Gasteiger partial charge in [-0.15, -0.1) is 6.42 Å². The van der Waals surface area contributed by atoms with E-state index in [0.717, 1.165) is 19.3 Å². The summed E-state index contributed by atoms with van der Waals surface area (Å²) in [5.74, 6) is 3.07. The monoisotopic (exact) mass is 124 g/mol. The minimum absolute atomic E-state index is 0.672. The molecule has 0 atom stereocenters. The predicted molar refractivity (Wildman–Crippen MR) is 36.8 cm³/mol. The van der Waals surface area contributed by atoms with Crippen molar-refractivity contribution < 1.29 is 5.11 Å². The number of hydrogen-bond acceptors (Lipinski definition) is 1. The lowest BCUT2D eigenvalue weighted by molar-refractivity contribution is -0.0228. The van der Waals surface area contributed by atoms with Gasteiger partial charge in [0.1, 0.15) is 5.60 Å². The Bertz CT molecular complexity index is 137. The summed E-state index contributed by atoms with van der Waals surface area (Å²) in [7, 11) is 0. The lowest BCUT2D eigenvalue weighted by Crippen LogP contribution is -2.41. The van der Waals surface area contributed by atoms with Crippen LogP contribution in [-0.4, -0.2) is 10.7 Å². The van der Waals surface area contributed by atoms with Gasteiger partial charge >= 0.3 is 0 Å². The second kappa shape index (κ2) is 2.04. The van der Waals surface area contributed by atoms with E-state index in [4.69, 9.17) is 6.42 Å². The van der Waals surface area contributed by atoms with E-state index in [1.54, 1.807) is 0 Å². The molecule has 1 saturated carbocycles. The van der Waals surface area contributed by atoms with Crippen LogP contribution in [0.5, 0.6) is 0 Å². The maximum atomic E-state index is 9.28. The lowest BCUT2D eigenvalue weighted by atomic mass is 9.70. The molecule has 0 spiro atoms. The highest BCUT2D eigenvalue weighted by atomic mass is 16.3. The highest BCUT2D eigenvalue weighted by molar-refractivity contribution is 5.14. The second-order valence-corrected chi connectivity index (χ2v) is 2.86. The Morgan fingerprint density at radius 3 is 2.67 bits per heavy atom. The lowest BCUT2D eigenvalue weighted by Gasteiger charge is -2.39. The standard InChI is InChI=1S/C8H12O/c1-3-7-5-8(9,4-2)6-7/h2,7,9H,3,5-6H2,1H3. The van der Waals surface area contributed by atoms with Crippen LogP contribution in [0, 0.1) is 18.3 Å². The van der Waals surface area contributed by atoms with Crippen LogP contribution in [0.4, 0.5) is 0 Å². The Balaban J connectivity index is 2.35. The molecule has 1 aliphatic rings. The first-order chi connectivity index (χ1) is 4.20. The second-order valence-electron chi connectivity index (χ2n) is 2.86. The van der Waals surface area contributed by atoms with Crippen molar-refractivity contribution in [1.82, 2.24) is 0 Å². The number of rotatable bonds is 1. The highest BCUT2D eigenvalue weighted by Crippen LogP contribution is 2.38. The van der Waals surface area contributed by atoms with Crippen LogP contribution >= 0.6 is 0 Å². The summed E-state index contributed by atoms with van der Waals surface area (Å²) in [5, 5.41) is 9.28. The number of aliphatic hydroxyl groups is 1. The largest absolute Gasteiger partial charge is 0.378 e. The summed E-state index contributed by atoms with van der Waals surface area (Å²) < 4.78 is 0. The fourth-order valence-corrected chi connectivity index (χ4v) is 1.30. The van der Waals surface area contributed by atoms with Gasteiger partial charge in [0.2, 0.25) is 0 Å². The summed E-state index contributed by atoms with van der Waals surface area (Å²) in [6.07, 6.45) is 7.84. The summed E-state index contributed by atoms with van der Waals surface area (Å²) in [5.41, 5.74) is -0.735. The molecule has 1 heteroatoms. The molecule has 1 aliphatic carbocycles. The van der Waals surface area contributed by atoms with Gasteiger partial charge < -0.3 is 5.11 Å². The zero-order chi connectivity index (χ0) is 6.91. The van der Waals surface area contributed by atoms with Gasteiger partial charge in [-0.25, -0.2) is 0 Å². The molecule has 50 valence electrons. The summed E-state index contributed by atoms with van der Waals surface area (Å²) in [6.45, 7) is 2.13. The van der Waals surface area contributed by atoms with Crippen molar-refractivity contribution in [3.8, 4) is 12.3 Å². The number of terminal acetylenes is 1. The molecule has 0 unspecified atom stereocenters. The van der Waals surface area contributed by atoms with E-state index in [9.17, 15) is 5.11 Å². The topological polar surface area (TPSA) is 20.2 Å². The molecule has 0 bridgehead atoms. The Labute approximate surface area is 56.1 Å². The van der Waals surface area contributed by atoms with Gasteiger partial charge in [-0.3, -0.25) is 0 Å². The van der Waals surface area contributed by atoms with Gasteiger partial charge in [0.05, 0.1) is 0 Å². The molecule has 1 fully saturated rings. The summed E-state index contributed by atoms with van der Waals surface area (Å²) in [6, 6.07) is 0. The Morgan fingerprint density at radius 2 is 2.33 bits per heavy atom. The predicted octanol–water partition coefficient (Wildman–Crippen LogP) is 1.17. The van der Waals surface area contributed by atoms with E-state index < -0.39 is 5.60 Å². The van der Waals surface area contributed by atoms with Crippen molar-refractivity contribution in [1.29, 1.82) is 0 Å². The first-order valence-corrected chi connectivity index (χ1v) is 3.40. The molecule has 0 radical (unpaired) electrons. The molecule has 0 aromatic heterocycles. The Kier molecular flexibility index (Phi) is 1.50. The fraction of sp³-hybridized carbons (Fsp3) is 0.750. The third kappa shape index (κ3) is 1.09. The van der Waals surface area contributed by atoms with E-state index >= 15 is 0 Å². The molecule has 0 saturated heterocycles. The van der Waals surface area contributed by atoms with Crippen LogP contribution in [0.2, 0.25) is 0 Å². The van der Waals surface area contributed by atoms with Crippen LogP contribution in [-0.2, 0) is 0 Å². The van der Waals surface area contributed by atoms with Crippen molar-refractivity contribution in [2.45, 2.75) is 31.8 Å². The zero-order valence-corrected chi connectivity index (χ0v) is 5.72. The quantitative estimate of drug-likeness (QED) is 0.520. The van der Waals surface area contributed by atoms with Gasteiger partial charge in [0, 0.05) is 0 Å². The van der Waals surface area contributed by atoms with Gasteiger partial charge in [0.15, 0.2) is 0 Å². The van der Waals surface area contributed by atoms with Gasteiger partial charge in [-0.1, -0.05) is 19.3 Å². The van der Waals surface area contributed by atoms with Crippen LogP contribution < -0.4 is 0 Å². The maximum absolute atomic E-state index is 9.28. The Morgan fingerprint density at radius 1 is 1.78 bits per heavy atom. The molecule has 1 nitrogen and oxygen atoms in total. The minimum Gasteiger partial charge on any atom is -0.378 e. The third-order valence-corrected chi connectivity index (χ3v) is 2.10. The van der Waals surface area contributed by atoms with Crippen molar-refractivity contribution in [2.24, 2.45) is 5.92 Å². The third-order valence-electron chi connectivity index (χ3n) is 2.10. The molecule has 0 aromatic carbocycles. The maximum Gasteiger partial charge on any atom is 0.125 e. The smallest absolute Gasteiger partial charge is 0.125 e. The molecule has 0 aromatic rings. The first-order valence-electron chi connectivity index (χ1n) is 3.40. The van der Waals surface area contributed by atoms with Crippen molar-refractivity contribution in [3.63, 3.8) is 0 Å². The molecule has 1 N–H and O–H groups in total. The molecule has 0 heterocycles. The van der Waals surface area contributed by atoms with Crippen molar-refractivity contribution >= 4 is 0 Å². The van der Waals surface area contributed by atoms with E-state index in [2.05, 4.69) is 12.8 Å². The first kappa shape index (κ1) is 6.64. The average molecular weight is 124 g/mol. The fourth-order valence-electron chi connectivity index (χ4n) is 1.30. The van der Waals surface area contributed by atoms with Gasteiger partial charge in [0.25, 0.3) is 0 Å². The van der Waals surface area contributed by atoms with Gasteiger partial charge in [-0.05, 0) is 18.8 Å². The Hall–Kier alpha value is -0.480. The minimum atomic E-state index is -0.735. The molecule has 1 rings (SSSR count). The van der Waals surface area contributed by atoms with E-state index in [1.807, 2.05) is 0 Å². The zero-order valence-electron chi connectivity index (χ0n) is 5.72. The molecule has 0 amide bonds. The highest BCUT2D eigenvalue weighted by Gasteiger charge is 2.39. The van der Waals surface area contributed by atoms with Crippen LogP contribution in [0.3, 0.4) is 0 Å². The normalized spacial score (nSPS) is 41.2. The SMILES string of the molecule is C#CC1(O)CC(CC)C1. The van der Waals surface area contributed by atoms with Crippen LogP contribution in [0.15, 0.2) is 0 Å². The van der Waals surface area contributed by atoms with E-state index in [-0.39, 0.29) is 0 Å². The molecular weight excluding hydrogens is 112 g/mol. The van der Waals surface area contributed by atoms with Crippen molar-refractivity contribution in [3.05, 3.63) is 0 Å². The molecule has 0 aliphatic heterocycles. The van der Waals surface area contributed by atoms with E-state index in [0.29, 0.717) is 5.92 Å². The van der Waals surface area contributed by atoms with Gasteiger partial charge in [-0.2, -0.15) is 0 Å². The summed E-state index contributed by atoms with van der Waals surface area (Å²) in [4.78, 5) is 0. The average Bonchev–Trinajstić information content (AvgIpc) is 1.81. The van der Waals surface area contributed by atoms with E-state index in [1.165, 1.54) is 0 Å². The van der Waals surface area contributed by atoms with Crippen LogP contribution in [0.25, 0.3) is 0 Å². The molecule has 9 heavy (non-hydrogen) atoms. The van der Waals surface area contributed by atoms with Crippen LogP contribution in [0.1, 0.15) is 26.2 Å². The molecular formula is C8H12O.